The molecule has 4 aliphatic rings. The molecule has 4 rings (SSSR count). The van der Waals surface area contributed by atoms with E-state index in [1.165, 1.54) is 44.9 Å². The van der Waals surface area contributed by atoms with Crippen LogP contribution in [0.4, 0.5) is 0 Å². The minimum atomic E-state index is -0.00789. The smallest absolute Gasteiger partial charge is 0.0596 e. The van der Waals surface area contributed by atoms with Crippen molar-refractivity contribution in [1.82, 2.24) is 0 Å². The lowest BCUT2D eigenvalue weighted by atomic mass is 9.49. The molecule has 1 nitrogen and oxygen atoms in total. The van der Waals surface area contributed by atoms with Crippen LogP contribution >= 0.6 is 0 Å². The highest BCUT2D eigenvalue weighted by Gasteiger charge is 2.56. The highest BCUT2D eigenvalue weighted by molar-refractivity contribution is 5.06. The van der Waals surface area contributed by atoms with Gasteiger partial charge in [0.15, 0.2) is 0 Å². The molecule has 21 heavy (non-hydrogen) atoms. The molecule has 1 heteroatoms. The zero-order valence-corrected chi connectivity index (χ0v) is 14.2. The van der Waals surface area contributed by atoms with Crippen LogP contribution in [0.2, 0.25) is 0 Å². The summed E-state index contributed by atoms with van der Waals surface area (Å²) >= 11 is 0. The first kappa shape index (κ1) is 14.5. The fraction of sp³-hybridized carbons (Fsp3) is 1.00. The summed E-state index contributed by atoms with van der Waals surface area (Å²) in [6.07, 6.45) is 11.0. The van der Waals surface area contributed by atoms with E-state index in [4.69, 9.17) is 0 Å². The molecule has 0 aromatic rings. The summed E-state index contributed by atoms with van der Waals surface area (Å²) in [6.45, 7) is 7.39. The van der Waals surface area contributed by atoms with Crippen LogP contribution in [0.1, 0.15) is 72.1 Å². The van der Waals surface area contributed by atoms with Gasteiger partial charge in [-0.3, -0.25) is 0 Å². The Kier molecular flexibility index (Phi) is 3.45. The molecule has 0 bridgehead atoms. The Bertz CT molecular complexity index is 405. The number of fused-ring (bicyclic) bond motifs is 5. The van der Waals surface area contributed by atoms with Gasteiger partial charge < -0.3 is 5.11 Å². The number of aliphatic hydroxyl groups is 1. The number of hydrogen-bond acceptors (Lipinski definition) is 1. The van der Waals surface area contributed by atoms with Gasteiger partial charge in [0.1, 0.15) is 0 Å². The molecule has 9 unspecified atom stereocenters. The minimum Gasteiger partial charge on any atom is -0.393 e. The molecule has 0 aromatic carbocycles. The van der Waals surface area contributed by atoms with E-state index in [0.717, 1.165) is 47.8 Å². The first-order valence-electron chi connectivity index (χ1n) is 9.68. The third-order valence-electron chi connectivity index (χ3n) is 8.76. The fourth-order valence-corrected chi connectivity index (χ4v) is 7.24. The maximum absolute atomic E-state index is 10.5. The molecule has 0 heterocycles. The summed E-state index contributed by atoms with van der Waals surface area (Å²) < 4.78 is 0. The second kappa shape index (κ2) is 4.98. The monoisotopic (exact) mass is 290 g/mol. The summed E-state index contributed by atoms with van der Waals surface area (Å²) in [5.74, 6) is 6.73. The van der Waals surface area contributed by atoms with Crippen molar-refractivity contribution in [1.29, 1.82) is 0 Å². The molecule has 0 saturated heterocycles. The van der Waals surface area contributed by atoms with E-state index in [-0.39, 0.29) is 11.5 Å². The molecule has 1 N–H and O–H groups in total. The van der Waals surface area contributed by atoms with Crippen molar-refractivity contribution in [3.05, 3.63) is 0 Å². The van der Waals surface area contributed by atoms with Crippen LogP contribution in [0.5, 0.6) is 0 Å². The Morgan fingerprint density at radius 2 is 1.57 bits per heavy atom. The van der Waals surface area contributed by atoms with Gasteiger partial charge in [-0.15, -0.1) is 0 Å². The topological polar surface area (TPSA) is 20.2 Å². The quantitative estimate of drug-likeness (QED) is 0.674. The molecule has 0 amide bonds. The largest absolute Gasteiger partial charge is 0.393 e. The van der Waals surface area contributed by atoms with Crippen LogP contribution in [0.25, 0.3) is 0 Å². The van der Waals surface area contributed by atoms with Crippen LogP contribution in [0, 0.1) is 46.8 Å². The maximum Gasteiger partial charge on any atom is 0.0596 e. The van der Waals surface area contributed by atoms with Gasteiger partial charge in [0, 0.05) is 0 Å². The SMILES string of the molecule is CC1CC2CCC3C(CCC4(C)C(O)CCC34)C2CC1C. The average molecular weight is 290 g/mol. The van der Waals surface area contributed by atoms with Gasteiger partial charge in [0.25, 0.3) is 0 Å². The molecule has 0 aliphatic heterocycles. The second-order valence-corrected chi connectivity index (χ2v) is 9.50. The van der Waals surface area contributed by atoms with E-state index in [0.29, 0.717) is 0 Å². The van der Waals surface area contributed by atoms with E-state index >= 15 is 0 Å². The first-order valence-corrected chi connectivity index (χ1v) is 9.68. The standard InChI is InChI=1S/C20H34O/c1-12-10-14-4-5-16-15(17(14)11-13(12)2)8-9-20(3)18(16)6-7-19(20)21/h12-19,21H,4-11H2,1-3H3. The maximum atomic E-state index is 10.5. The Hall–Kier alpha value is -0.0400. The van der Waals surface area contributed by atoms with Crippen molar-refractivity contribution in [2.45, 2.75) is 78.2 Å². The van der Waals surface area contributed by atoms with Gasteiger partial charge in [-0.2, -0.15) is 0 Å². The molecular weight excluding hydrogens is 256 g/mol. The molecular formula is C20H34O. The third kappa shape index (κ3) is 2.06. The van der Waals surface area contributed by atoms with Crippen molar-refractivity contribution < 1.29 is 5.11 Å². The molecule has 4 saturated carbocycles. The normalized spacial score (nSPS) is 60.0. The molecule has 4 fully saturated rings. The lowest BCUT2D eigenvalue weighted by Gasteiger charge is -2.56. The van der Waals surface area contributed by atoms with Gasteiger partial charge in [0.05, 0.1) is 6.10 Å². The summed E-state index contributed by atoms with van der Waals surface area (Å²) in [5, 5.41) is 10.5. The molecule has 0 radical (unpaired) electrons. The lowest BCUT2D eigenvalue weighted by Crippen LogP contribution is -2.50. The van der Waals surface area contributed by atoms with Crippen molar-refractivity contribution in [3.63, 3.8) is 0 Å². The molecule has 120 valence electrons. The van der Waals surface area contributed by atoms with E-state index in [1.54, 1.807) is 0 Å². The number of aliphatic hydroxyl groups excluding tert-OH is 1. The van der Waals surface area contributed by atoms with Crippen LogP contribution < -0.4 is 0 Å². The van der Waals surface area contributed by atoms with E-state index in [9.17, 15) is 5.11 Å². The van der Waals surface area contributed by atoms with E-state index in [1.807, 2.05) is 0 Å². The predicted molar refractivity (Wildman–Crippen MR) is 86.8 cm³/mol. The van der Waals surface area contributed by atoms with Gasteiger partial charge in [-0.05, 0) is 98.2 Å². The molecule has 9 atom stereocenters. The highest BCUT2D eigenvalue weighted by atomic mass is 16.3. The van der Waals surface area contributed by atoms with E-state index in [2.05, 4.69) is 20.8 Å². The Labute approximate surface area is 130 Å². The third-order valence-corrected chi connectivity index (χ3v) is 8.76. The van der Waals surface area contributed by atoms with Crippen molar-refractivity contribution >= 4 is 0 Å². The Morgan fingerprint density at radius 1 is 0.810 bits per heavy atom. The van der Waals surface area contributed by atoms with Crippen LogP contribution in [0.15, 0.2) is 0 Å². The summed E-state index contributed by atoms with van der Waals surface area (Å²) in [6, 6.07) is 0. The molecule has 0 spiro atoms. The van der Waals surface area contributed by atoms with Gasteiger partial charge in [-0.1, -0.05) is 20.8 Å². The zero-order chi connectivity index (χ0) is 14.8. The number of hydrogen-bond donors (Lipinski definition) is 1. The first-order chi connectivity index (χ1) is 10.0. The molecule has 0 aromatic heterocycles. The van der Waals surface area contributed by atoms with Crippen molar-refractivity contribution in [2.75, 3.05) is 0 Å². The summed E-state index contributed by atoms with van der Waals surface area (Å²) in [5.41, 5.74) is 0.265. The van der Waals surface area contributed by atoms with Gasteiger partial charge >= 0.3 is 0 Å². The van der Waals surface area contributed by atoms with Gasteiger partial charge in [-0.25, -0.2) is 0 Å². The zero-order valence-electron chi connectivity index (χ0n) is 14.2. The minimum absolute atomic E-state index is 0.00789. The fourth-order valence-electron chi connectivity index (χ4n) is 7.24. The van der Waals surface area contributed by atoms with E-state index < -0.39 is 0 Å². The Balaban J connectivity index is 1.57. The van der Waals surface area contributed by atoms with Crippen LogP contribution in [0.3, 0.4) is 0 Å². The highest BCUT2D eigenvalue weighted by Crippen LogP contribution is 2.63. The van der Waals surface area contributed by atoms with Gasteiger partial charge in [0.2, 0.25) is 0 Å². The average Bonchev–Trinajstić information content (AvgIpc) is 2.76. The summed E-state index contributed by atoms with van der Waals surface area (Å²) in [4.78, 5) is 0. The second-order valence-electron chi connectivity index (χ2n) is 9.50. The van der Waals surface area contributed by atoms with Crippen LogP contribution in [-0.4, -0.2) is 11.2 Å². The van der Waals surface area contributed by atoms with Crippen molar-refractivity contribution in [3.8, 4) is 0 Å². The predicted octanol–water partition coefficient (Wildman–Crippen LogP) is 4.88. The lowest BCUT2D eigenvalue weighted by molar-refractivity contribution is -0.0905. The molecule has 4 aliphatic carbocycles. The summed E-state index contributed by atoms with van der Waals surface area (Å²) in [7, 11) is 0. The van der Waals surface area contributed by atoms with Crippen molar-refractivity contribution in [2.24, 2.45) is 46.8 Å². The Morgan fingerprint density at radius 3 is 2.38 bits per heavy atom. The van der Waals surface area contributed by atoms with Crippen LogP contribution in [-0.2, 0) is 0 Å². The number of rotatable bonds is 0.